The lowest BCUT2D eigenvalue weighted by Gasteiger charge is -2.55. The molecule has 24 heavy (non-hydrogen) atoms. The molecule has 1 aromatic carbocycles. The van der Waals surface area contributed by atoms with E-state index < -0.39 is 0 Å². The third-order valence-electron chi connectivity index (χ3n) is 6.25. The highest BCUT2D eigenvalue weighted by molar-refractivity contribution is 5.94. The van der Waals surface area contributed by atoms with Gasteiger partial charge in [-0.15, -0.1) is 0 Å². The molecule has 2 amide bonds. The molecule has 4 saturated carbocycles. The van der Waals surface area contributed by atoms with E-state index in [1.54, 1.807) is 12.1 Å². The third-order valence-corrected chi connectivity index (χ3v) is 6.25. The van der Waals surface area contributed by atoms with E-state index in [4.69, 9.17) is 0 Å². The maximum absolute atomic E-state index is 12.8. The second-order valence-corrected chi connectivity index (χ2v) is 8.08. The summed E-state index contributed by atoms with van der Waals surface area (Å²) in [6.07, 6.45) is 7.29. The molecule has 0 aromatic heterocycles. The minimum absolute atomic E-state index is 0.0837. The zero-order valence-corrected chi connectivity index (χ0v) is 14.1. The van der Waals surface area contributed by atoms with Gasteiger partial charge in [0, 0.05) is 24.1 Å². The first-order valence-corrected chi connectivity index (χ1v) is 9.26. The molecular weight excluding hydrogens is 300 g/mol. The van der Waals surface area contributed by atoms with Crippen molar-refractivity contribution < 1.29 is 9.59 Å². The molecule has 4 aliphatic rings. The quantitative estimate of drug-likeness (QED) is 0.818. The summed E-state index contributed by atoms with van der Waals surface area (Å²) in [6.45, 7) is 0.991. The van der Waals surface area contributed by atoms with E-state index in [2.05, 4.69) is 10.6 Å². The topological polar surface area (TPSA) is 58.2 Å². The lowest BCUT2D eigenvalue weighted by Crippen LogP contribution is -2.54. The maximum Gasteiger partial charge on any atom is 0.251 e. The average molecular weight is 326 g/mol. The Morgan fingerprint density at radius 1 is 0.875 bits per heavy atom. The zero-order valence-electron chi connectivity index (χ0n) is 14.1. The van der Waals surface area contributed by atoms with Gasteiger partial charge in [-0.05, 0) is 68.4 Å². The summed E-state index contributed by atoms with van der Waals surface area (Å²) in [6, 6.07) is 9.18. The van der Waals surface area contributed by atoms with E-state index in [0.29, 0.717) is 18.7 Å². The molecule has 0 heterocycles. The lowest BCUT2D eigenvalue weighted by molar-refractivity contribution is -0.146. The van der Waals surface area contributed by atoms with Gasteiger partial charge in [0.2, 0.25) is 5.91 Å². The first kappa shape index (κ1) is 15.7. The van der Waals surface area contributed by atoms with Crippen LogP contribution in [0.15, 0.2) is 30.3 Å². The Labute approximate surface area is 143 Å². The standard InChI is InChI=1S/C20H26N2O2/c23-18(17-4-2-1-3-5-17)21-6-7-22-19(24)20-11-14-8-15(12-20)10-16(9-14)13-20/h1-5,14-16H,6-13H2,(H,21,23)(H,22,24). The van der Waals surface area contributed by atoms with Crippen molar-refractivity contribution >= 4 is 11.8 Å². The van der Waals surface area contributed by atoms with Crippen LogP contribution < -0.4 is 10.6 Å². The van der Waals surface area contributed by atoms with Gasteiger partial charge in [0.1, 0.15) is 0 Å². The normalized spacial score (nSPS) is 33.2. The van der Waals surface area contributed by atoms with Crippen molar-refractivity contribution in [2.24, 2.45) is 23.2 Å². The Morgan fingerprint density at radius 2 is 1.42 bits per heavy atom. The maximum atomic E-state index is 12.8. The molecule has 0 aliphatic heterocycles. The molecule has 4 bridgehead atoms. The number of amides is 2. The third kappa shape index (κ3) is 2.94. The van der Waals surface area contributed by atoms with Crippen molar-refractivity contribution in [2.45, 2.75) is 38.5 Å². The summed E-state index contributed by atoms with van der Waals surface area (Å²) < 4.78 is 0. The van der Waals surface area contributed by atoms with Gasteiger partial charge in [-0.25, -0.2) is 0 Å². The van der Waals surface area contributed by atoms with Crippen molar-refractivity contribution in [3.63, 3.8) is 0 Å². The minimum atomic E-state index is -0.0990. The highest BCUT2D eigenvalue weighted by Crippen LogP contribution is 2.60. The van der Waals surface area contributed by atoms with E-state index in [1.807, 2.05) is 18.2 Å². The highest BCUT2D eigenvalue weighted by Gasteiger charge is 2.54. The highest BCUT2D eigenvalue weighted by atomic mass is 16.2. The SMILES string of the molecule is O=C(NCCNC(=O)C12CC3CC(CC(C3)C1)C2)c1ccccc1. The first-order valence-electron chi connectivity index (χ1n) is 9.26. The van der Waals surface area contributed by atoms with Crippen LogP contribution in [0.3, 0.4) is 0 Å². The van der Waals surface area contributed by atoms with Crippen LogP contribution in [-0.2, 0) is 4.79 Å². The smallest absolute Gasteiger partial charge is 0.251 e. The Kier molecular flexibility index (Phi) is 4.07. The van der Waals surface area contributed by atoms with Gasteiger partial charge in [-0.1, -0.05) is 18.2 Å². The Balaban J connectivity index is 1.26. The molecule has 1 aromatic rings. The molecule has 4 fully saturated rings. The molecule has 0 radical (unpaired) electrons. The molecule has 128 valence electrons. The fourth-order valence-electron chi connectivity index (χ4n) is 5.62. The second-order valence-electron chi connectivity index (χ2n) is 8.08. The summed E-state index contributed by atoms with van der Waals surface area (Å²) >= 11 is 0. The monoisotopic (exact) mass is 326 g/mol. The molecule has 4 aliphatic carbocycles. The predicted molar refractivity (Wildman–Crippen MR) is 92.4 cm³/mol. The Morgan fingerprint density at radius 3 is 2.00 bits per heavy atom. The number of hydrogen-bond donors (Lipinski definition) is 2. The van der Waals surface area contributed by atoms with Crippen LogP contribution in [-0.4, -0.2) is 24.9 Å². The lowest BCUT2D eigenvalue weighted by atomic mass is 9.49. The van der Waals surface area contributed by atoms with Crippen LogP contribution in [0.4, 0.5) is 0 Å². The van der Waals surface area contributed by atoms with E-state index in [0.717, 1.165) is 37.0 Å². The van der Waals surface area contributed by atoms with Crippen molar-refractivity contribution in [1.29, 1.82) is 0 Å². The van der Waals surface area contributed by atoms with E-state index in [-0.39, 0.29) is 17.2 Å². The molecule has 4 nitrogen and oxygen atoms in total. The number of carbonyl (C=O) groups excluding carboxylic acids is 2. The molecule has 0 saturated heterocycles. The van der Waals surface area contributed by atoms with Crippen molar-refractivity contribution in [2.75, 3.05) is 13.1 Å². The van der Waals surface area contributed by atoms with Crippen molar-refractivity contribution in [1.82, 2.24) is 10.6 Å². The fraction of sp³-hybridized carbons (Fsp3) is 0.600. The summed E-state index contributed by atoms with van der Waals surface area (Å²) in [5.74, 6) is 2.48. The van der Waals surface area contributed by atoms with Gasteiger partial charge < -0.3 is 10.6 Å². The van der Waals surface area contributed by atoms with Gasteiger partial charge in [0.15, 0.2) is 0 Å². The Bertz CT molecular complexity index is 591. The van der Waals surface area contributed by atoms with Gasteiger partial charge in [-0.2, -0.15) is 0 Å². The van der Waals surface area contributed by atoms with E-state index in [1.165, 1.54) is 19.3 Å². The summed E-state index contributed by atoms with van der Waals surface area (Å²) in [5.41, 5.74) is 0.558. The molecule has 0 unspecified atom stereocenters. The summed E-state index contributed by atoms with van der Waals surface area (Å²) in [5, 5.41) is 5.97. The van der Waals surface area contributed by atoms with E-state index >= 15 is 0 Å². The van der Waals surface area contributed by atoms with Gasteiger partial charge in [-0.3, -0.25) is 9.59 Å². The molecular formula is C20H26N2O2. The van der Waals surface area contributed by atoms with Crippen molar-refractivity contribution in [3.8, 4) is 0 Å². The molecule has 2 N–H and O–H groups in total. The van der Waals surface area contributed by atoms with Gasteiger partial charge in [0.05, 0.1) is 0 Å². The van der Waals surface area contributed by atoms with Crippen molar-refractivity contribution in [3.05, 3.63) is 35.9 Å². The van der Waals surface area contributed by atoms with Crippen LogP contribution in [0, 0.1) is 23.2 Å². The van der Waals surface area contributed by atoms with Crippen LogP contribution in [0.2, 0.25) is 0 Å². The van der Waals surface area contributed by atoms with E-state index in [9.17, 15) is 9.59 Å². The molecule has 5 rings (SSSR count). The van der Waals surface area contributed by atoms with Crippen LogP contribution in [0.25, 0.3) is 0 Å². The number of carbonyl (C=O) groups is 2. The molecule has 0 atom stereocenters. The summed E-state index contributed by atoms with van der Waals surface area (Å²) in [7, 11) is 0. The Hall–Kier alpha value is -1.84. The summed E-state index contributed by atoms with van der Waals surface area (Å²) in [4.78, 5) is 24.8. The van der Waals surface area contributed by atoms with Gasteiger partial charge in [0.25, 0.3) is 5.91 Å². The van der Waals surface area contributed by atoms with Crippen LogP contribution >= 0.6 is 0 Å². The number of rotatable bonds is 5. The second kappa shape index (κ2) is 6.23. The minimum Gasteiger partial charge on any atom is -0.354 e. The van der Waals surface area contributed by atoms with Gasteiger partial charge >= 0.3 is 0 Å². The van der Waals surface area contributed by atoms with Crippen LogP contribution in [0.5, 0.6) is 0 Å². The first-order chi connectivity index (χ1) is 11.6. The number of nitrogens with one attached hydrogen (secondary N) is 2. The number of hydrogen-bond acceptors (Lipinski definition) is 2. The predicted octanol–water partition coefficient (Wildman–Crippen LogP) is 2.75. The number of benzene rings is 1. The fourth-order valence-corrected chi connectivity index (χ4v) is 5.62. The largest absolute Gasteiger partial charge is 0.354 e. The molecule has 0 spiro atoms. The van der Waals surface area contributed by atoms with Crippen LogP contribution in [0.1, 0.15) is 48.9 Å². The molecule has 4 heteroatoms. The average Bonchev–Trinajstić information content (AvgIpc) is 2.58. The zero-order chi connectivity index (χ0) is 16.6.